The number of para-hydroxylation sites is 1. The number of anilines is 1. The molecule has 1 unspecified atom stereocenters. The number of aliphatic hydroxyl groups excluding tert-OH is 1. The predicted molar refractivity (Wildman–Crippen MR) is 137 cm³/mol. The van der Waals surface area contributed by atoms with Crippen molar-refractivity contribution in [3.05, 3.63) is 92.5 Å². The van der Waals surface area contributed by atoms with E-state index < -0.39 is 23.5 Å². The first-order valence-electron chi connectivity index (χ1n) is 10.7. The highest BCUT2D eigenvalue weighted by molar-refractivity contribution is 6.52. The van der Waals surface area contributed by atoms with Gasteiger partial charge in [0.15, 0.2) is 5.75 Å². The van der Waals surface area contributed by atoms with Gasteiger partial charge in [-0.05, 0) is 55.3 Å². The number of carbonyl (C=O) groups excluding carboxylic acids is 2. The van der Waals surface area contributed by atoms with Gasteiger partial charge in [-0.1, -0.05) is 47.5 Å². The monoisotopic (exact) mass is 511 g/mol. The Kier molecular flexibility index (Phi) is 6.79. The molecule has 1 fully saturated rings. The van der Waals surface area contributed by atoms with Crippen molar-refractivity contribution < 1.29 is 24.2 Å². The lowest BCUT2D eigenvalue weighted by Crippen LogP contribution is -2.29. The Labute approximate surface area is 213 Å². The molecule has 180 valence electrons. The molecule has 8 heteroatoms. The lowest BCUT2D eigenvalue weighted by Gasteiger charge is -2.27. The summed E-state index contributed by atoms with van der Waals surface area (Å²) in [4.78, 5) is 28.2. The summed E-state index contributed by atoms with van der Waals surface area (Å²) >= 11 is 12.6. The topological polar surface area (TPSA) is 76.1 Å². The molecule has 0 radical (unpaired) electrons. The summed E-state index contributed by atoms with van der Waals surface area (Å²) in [6, 6.07) is 14.5. The van der Waals surface area contributed by atoms with Gasteiger partial charge in [-0.25, -0.2) is 0 Å². The molecule has 4 rings (SSSR count). The molecule has 1 aliphatic rings. The van der Waals surface area contributed by atoms with Crippen LogP contribution in [-0.4, -0.2) is 31.0 Å². The van der Waals surface area contributed by atoms with Gasteiger partial charge in [0.2, 0.25) is 0 Å². The van der Waals surface area contributed by atoms with Crippen LogP contribution in [0, 0.1) is 13.8 Å². The van der Waals surface area contributed by atoms with Crippen molar-refractivity contribution in [2.75, 3.05) is 19.1 Å². The third-order valence-electron chi connectivity index (χ3n) is 6.12. The number of rotatable bonds is 5. The number of carbonyl (C=O) groups is 2. The fourth-order valence-electron chi connectivity index (χ4n) is 4.21. The summed E-state index contributed by atoms with van der Waals surface area (Å²) in [6.45, 7) is 3.89. The van der Waals surface area contributed by atoms with Crippen molar-refractivity contribution in [3.63, 3.8) is 0 Å². The fourth-order valence-corrected chi connectivity index (χ4v) is 4.85. The van der Waals surface area contributed by atoms with Gasteiger partial charge in [0, 0.05) is 16.8 Å². The molecule has 3 aromatic carbocycles. The number of amides is 1. The van der Waals surface area contributed by atoms with Crippen LogP contribution in [0.15, 0.2) is 60.2 Å². The van der Waals surface area contributed by atoms with Crippen molar-refractivity contribution in [2.24, 2.45) is 0 Å². The van der Waals surface area contributed by atoms with E-state index >= 15 is 0 Å². The lowest BCUT2D eigenvalue weighted by atomic mass is 9.94. The van der Waals surface area contributed by atoms with Gasteiger partial charge in [-0.3, -0.25) is 14.5 Å². The van der Waals surface area contributed by atoms with Crippen LogP contribution in [0.25, 0.3) is 5.76 Å². The summed E-state index contributed by atoms with van der Waals surface area (Å²) in [6.07, 6.45) is 0. The summed E-state index contributed by atoms with van der Waals surface area (Å²) in [5.74, 6) is -1.31. The van der Waals surface area contributed by atoms with E-state index in [1.165, 1.54) is 31.3 Å². The zero-order valence-electron chi connectivity index (χ0n) is 19.6. The van der Waals surface area contributed by atoms with Gasteiger partial charge >= 0.3 is 0 Å². The van der Waals surface area contributed by atoms with Gasteiger partial charge in [0.25, 0.3) is 11.7 Å². The molecule has 35 heavy (non-hydrogen) atoms. The van der Waals surface area contributed by atoms with Crippen LogP contribution in [0.5, 0.6) is 11.5 Å². The number of benzene rings is 3. The van der Waals surface area contributed by atoms with Crippen molar-refractivity contribution >= 4 is 46.3 Å². The highest BCUT2D eigenvalue weighted by Gasteiger charge is 2.48. The number of hydrogen-bond donors (Lipinski definition) is 1. The van der Waals surface area contributed by atoms with E-state index in [0.29, 0.717) is 17.0 Å². The first-order chi connectivity index (χ1) is 16.7. The quantitative estimate of drug-likeness (QED) is 0.248. The molecule has 1 saturated heterocycles. The number of hydrogen-bond acceptors (Lipinski definition) is 5. The van der Waals surface area contributed by atoms with Crippen LogP contribution in [0.1, 0.15) is 28.3 Å². The SMILES string of the molecule is COc1ccccc1C1/C(=C(\O)c2cc(Cl)c(OC)c(Cl)c2)C(=O)C(=O)N1c1ccc(C)c(C)c1. The Bertz CT molecular complexity index is 1360. The molecule has 1 N–H and O–H groups in total. The van der Waals surface area contributed by atoms with Gasteiger partial charge in [-0.2, -0.15) is 0 Å². The van der Waals surface area contributed by atoms with Crippen LogP contribution in [-0.2, 0) is 9.59 Å². The van der Waals surface area contributed by atoms with E-state index in [0.717, 1.165) is 11.1 Å². The molecule has 0 bridgehead atoms. The third kappa shape index (κ3) is 4.24. The van der Waals surface area contributed by atoms with Crippen LogP contribution >= 0.6 is 23.2 Å². The van der Waals surface area contributed by atoms with E-state index in [9.17, 15) is 14.7 Å². The standard InChI is InChI=1S/C27H23Cl2NO5/c1-14-9-10-17(11-15(14)2)30-23(18-7-5-6-8-21(18)34-3)22(25(32)27(30)33)24(31)16-12-19(28)26(35-4)20(29)13-16/h5-13,23,31H,1-4H3/b24-22+. The zero-order chi connectivity index (χ0) is 25.4. The summed E-state index contributed by atoms with van der Waals surface area (Å²) in [7, 11) is 2.92. The fraction of sp³-hybridized carbons (Fsp3) is 0.185. The third-order valence-corrected chi connectivity index (χ3v) is 6.68. The van der Waals surface area contributed by atoms with Gasteiger partial charge in [0.1, 0.15) is 11.5 Å². The maximum atomic E-state index is 13.4. The van der Waals surface area contributed by atoms with Gasteiger partial charge in [0.05, 0.1) is 35.9 Å². The highest BCUT2D eigenvalue weighted by atomic mass is 35.5. The number of Topliss-reactive ketones (excluding diaryl/α,β-unsaturated/α-hetero) is 1. The summed E-state index contributed by atoms with van der Waals surface area (Å²) in [5.41, 5.74) is 3.14. The predicted octanol–water partition coefficient (Wildman–Crippen LogP) is 6.25. The van der Waals surface area contributed by atoms with E-state index in [4.69, 9.17) is 32.7 Å². The molecular formula is C27H23Cl2NO5. The molecule has 1 heterocycles. The Morgan fingerprint density at radius 3 is 2.17 bits per heavy atom. The van der Waals surface area contributed by atoms with Crippen molar-refractivity contribution in [1.29, 1.82) is 0 Å². The normalized spacial score (nSPS) is 17.1. The second-order valence-corrected chi connectivity index (χ2v) is 8.97. The molecule has 0 saturated carbocycles. The molecule has 1 amide bonds. The second kappa shape index (κ2) is 9.64. The molecule has 1 aliphatic heterocycles. The molecule has 3 aromatic rings. The van der Waals surface area contributed by atoms with E-state index in [1.54, 1.807) is 30.3 Å². The maximum absolute atomic E-state index is 13.4. The Morgan fingerprint density at radius 1 is 0.914 bits per heavy atom. The number of aliphatic hydroxyl groups is 1. The molecule has 1 atom stereocenters. The Balaban J connectivity index is 2.01. The number of halogens is 2. The number of methoxy groups -OCH3 is 2. The van der Waals surface area contributed by atoms with Crippen LogP contribution in [0.3, 0.4) is 0 Å². The van der Waals surface area contributed by atoms with Crippen LogP contribution < -0.4 is 14.4 Å². The van der Waals surface area contributed by atoms with E-state index in [2.05, 4.69) is 0 Å². The summed E-state index contributed by atoms with van der Waals surface area (Å²) < 4.78 is 10.7. The first kappa shape index (κ1) is 24.6. The smallest absolute Gasteiger partial charge is 0.300 e. The highest BCUT2D eigenvalue weighted by Crippen LogP contribution is 2.46. The average molecular weight is 512 g/mol. The number of nitrogens with zero attached hydrogens (tertiary/aromatic N) is 1. The first-order valence-corrected chi connectivity index (χ1v) is 11.5. The number of ether oxygens (including phenoxy) is 2. The molecule has 0 aromatic heterocycles. The van der Waals surface area contributed by atoms with Crippen LogP contribution in [0.2, 0.25) is 10.0 Å². The van der Waals surface area contributed by atoms with E-state index in [-0.39, 0.29) is 26.9 Å². The molecular weight excluding hydrogens is 489 g/mol. The van der Waals surface area contributed by atoms with Crippen molar-refractivity contribution in [3.8, 4) is 11.5 Å². The van der Waals surface area contributed by atoms with Crippen LogP contribution in [0.4, 0.5) is 5.69 Å². The lowest BCUT2D eigenvalue weighted by molar-refractivity contribution is -0.132. The Hall–Kier alpha value is -3.48. The maximum Gasteiger partial charge on any atom is 0.300 e. The number of ketones is 1. The Morgan fingerprint density at radius 2 is 1.57 bits per heavy atom. The summed E-state index contributed by atoms with van der Waals surface area (Å²) in [5, 5.41) is 11.7. The van der Waals surface area contributed by atoms with Gasteiger partial charge < -0.3 is 14.6 Å². The number of aryl methyl sites for hydroxylation is 2. The minimum Gasteiger partial charge on any atom is -0.507 e. The van der Waals surface area contributed by atoms with E-state index in [1.807, 2.05) is 26.0 Å². The zero-order valence-corrected chi connectivity index (χ0v) is 21.1. The molecule has 0 aliphatic carbocycles. The molecule has 6 nitrogen and oxygen atoms in total. The largest absolute Gasteiger partial charge is 0.507 e. The minimum absolute atomic E-state index is 0.102. The molecule has 0 spiro atoms. The van der Waals surface area contributed by atoms with Crippen molar-refractivity contribution in [1.82, 2.24) is 0 Å². The van der Waals surface area contributed by atoms with Crippen molar-refractivity contribution in [2.45, 2.75) is 19.9 Å². The second-order valence-electron chi connectivity index (χ2n) is 8.15. The van der Waals surface area contributed by atoms with Gasteiger partial charge in [-0.15, -0.1) is 0 Å². The minimum atomic E-state index is -0.951. The average Bonchev–Trinajstić information content (AvgIpc) is 3.10.